The van der Waals surface area contributed by atoms with Crippen LogP contribution in [0, 0.1) is 0 Å². The van der Waals surface area contributed by atoms with E-state index >= 15 is 0 Å². The van der Waals surface area contributed by atoms with Gasteiger partial charge in [0.05, 0.1) is 6.10 Å². The molecule has 1 heterocycles. The Morgan fingerprint density at radius 2 is 1.87 bits per heavy atom. The first-order valence-electron chi connectivity index (χ1n) is 5.10. The highest BCUT2D eigenvalue weighted by atomic mass is 35.5. The standard InChI is InChI=1S/C10H12Cl2O3/c11-7-8(12)10(15-9(7)13)14-6-4-2-1-3-5-6/h6,10H,1-5H2. The Morgan fingerprint density at radius 1 is 1.20 bits per heavy atom. The fourth-order valence-corrected chi connectivity index (χ4v) is 2.17. The van der Waals surface area contributed by atoms with Gasteiger partial charge >= 0.3 is 5.97 Å². The molecular formula is C10H12Cl2O3. The zero-order chi connectivity index (χ0) is 10.8. The van der Waals surface area contributed by atoms with Crippen LogP contribution in [0.4, 0.5) is 0 Å². The van der Waals surface area contributed by atoms with Crippen molar-refractivity contribution < 1.29 is 14.3 Å². The summed E-state index contributed by atoms with van der Waals surface area (Å²) in [6.07, 6.45) is 4.89. The zero-order valence-corrected chi connectivity index (χ0v) is 9.68. The van der Waals surface area contributed by atoms with Gasteiger partial charge in [-0.3, -0.25) is 0 Å². The topological polar surface area (TPSA) is 35.5 Å². The third-order valence-corrected chi connectivity index (χ3v) is 3.50. The van der Waals surface area contributed by atoms with Crippen molar-refractivity contribution in [2.75, 3.05) is 0 Å². The van der Waals surface area contributed by atoms with Crippen molar-refractivity contribution in [2.24, 2.45) is 0 Å². The number of rotatable bonds is 2. The van der Waals surface area contributed by atoms with Crippen molar-refractivity contribution in [3.63, 3.8) is 0 Å². The molecule has 1 aliphatic heterocycles. The van der Waals surface area contributed by atoms with Crippen molar-refractivity contribution >= 4 is 29.2 Å². The summed E-state index contributed by atoms with van der Waals surface area (Å²) in [5.41, 5.74) is 0. The van der Waals surface area contributed by atoms with Gasteiger partial charge in [0, 0.05) is 0 Å². The third-order valence-electron chi connectivity index (χ3n) is 2.68. The second-order valence-electron chi connectivity index (χ2n) is 3.80. The number of hydrogen-bond acceptors (Lipinski definition) is 3. The largest absolute Gasteiger partial charge is 0.426 e. The van der Waals surface area contributed by atoms with Crippen molar-refractivity contribution in [1.82, 2.24) is 0 Å². The van der Waals surface area contributed by atoms with Crippen molar-refractivity contribution in [2.45, 2.75) is 44.5 Å². The molecule has 1 fully saturated rings. The van der Waals surface area contributed by atoms with E-state index in [9.17, 15) is 4.79 Å². The summed E-state index contributed by atoms with van der Waals surface area (Å²) in [6.45, 7) is 0. The summed E-state index contributed by atoms with van der Waals surface area (Å²) in [4.78, 5) is 11.1. The molecule has 5 heteroatoms. The normalized spacial score (nSPS) is 28.4. The molecule has 0 N–H and O–H groups in total. The highest BCUT2D eigenvalue weighted by Crippen LogP contribution is 2.32. The Hall–Kier alpha value is -0.250. The second kappa shape index (κ2) is 4.73. The van der Waals surface area contributed by atoms with E-state index in [1.54, 1.807) is 0 Å². The molecule has 0 aromatic rings. The molecule has 1 saturated carbocycles. The van der Waals surface area contributed by atoms with E-state index in [2.05, 4.69) is 0 Å². The maximum absolute atomic E-state index is 11.1. The van der Waals surface area contributed by atoms with Gasteiger partial charge in [0.1, 0.15) is 10.1 Å². The van der Waals surface area contributed by atoms with Crippen LogP contribution in [-0.4, -0.2) is 18.4 Å². The van der Waals surface area contributed by atoms with Gasteiger partial charge in [-0.2, -0.15) is 0 Å². The van der Waals surface area contributed by atoms with Crippen LogP contribution in [0.15, 0.2) is 10.1 Å². The van der Waals surface area contributed by atoms with Gasteiger partial charge in [-0.25, -0.2) is 4.79 Å². The van der Waals surface area contributed by atoms with Gasteiger partial charge < -0.3 is 9.47 Å². The molecule has 0 amide bonds. The predicted molar refractivity (Wildman–Crippen MR) is 56.6 cm³/mol. The second-order valence-corrected chi connectivity index (χ2v) is 4.58. The van der Waals surface area contributed by atoms with Crippen LogP contribution in [0.25, 0.3) is 0 Å². The minimum Gasteiger partial charge on any atom is -0.426 e. The van der Waals surface area contributed by atoms with Gasteiger partial charge in [-0.15, -0.1) is 0 Å². The van der Waals surface area contributed by atoms with Crippen LogP contribution < -0.4 is 0 Å². The van der Waals surface area contributed by atoms with Gasteiger partial charge in [0.25, 0.3) is 0 Å². The van der Waals surface area contributed by atoms with E-state index in [1.165, 1.54) is 6.42 Å². The predicted octanol–water partition coefficient (Wildman–Crippen LogP) is 2.91. The zero-order valence-electron chi connectivity index (χ0n) is 8.17. The lowest BCUT2D eigenvalue weighted by atomic mass is 9.98. The molecule has 2 rings (SSSR count). The first kappa shape index (κ1) is 11.2. The Bertz CT molecular complexity index is 295. The Labute approximate surface area is 98.3 Å². The average molecular weight is 251 g/mol. The lowest BCUT2D eigenvalue weighted by molar-refractivity contribution is -0.169. The fraction of sp³-hybridized carbons (Fsp3) is 0.700. The molecule has 0 bridgehead atoms. The van der Waals surface area contributed by atoms with E-state index in [0.29, 0.717) is 0 Å². The van der Waals surface area contributed by atoms with Gasteiger partial charge in [0.15, 0.2) is 0 Å². The van der Waals surface area contributed by atoms with Crippen LogP contribution in [0.1, 0.15) is 32.1 Å². The Kier molecular flexibility index (Phi) is 3.54. The highest BCUT2D eigenvalue weighted by molar-refractivity contribution is 6.48. The monoisotopic (exact) mass is 250 g/mol. The van der Waals surface area contributed by atoms with Crippen molar-refractivity contribution in [1.29, 1.82) is 0 Å². The van der Waals surface area contributed by atoms with Gasteiger partial charge in [-0.1, -0.05) is 42.5 Å². The maximum Gasteiger partial charge on any atom is 0.353 e. The highest BCUT2D eigenvalue weighted by Gasteiger charge is 2.34. The lowest BCUT2D eigenvalue weighted by Crippen LogP contribution is -2.25. The van der Waals surface area contributed by atoms with Crippen LogP contribution in [0.3, 0.4) is 0 Å². The number of carbonyl (C=O) groups is 1. The van der Waals surface area contributed by atoms with Crippen LogP contribution >= 0.6 is 23.2 Å². The van der Waals surface area contributed by atoms with Crippen molar-refractivity contribution in [3.05, 3.63) is 10.1 Å². The summed E-state index contributed by atoms with van der Waals surface area (Å²) >= 11 is 11.4. The van der Waals surface area contributed by atoms with Gasteiger partial charge in [-0.05, 0) is 12.8 Å². The molecular weight excluding hydrogens is 239 g/mol. The maximum atomic E-state index is 11.1. The molecule has 0 aromatic heterocycles. The number of halogens is 2. The quantitative estimate of drug-likeness (QED) is 0.708. The number of ether oxygens (including phenoxy) is 2. The van der Waals surface area contributed by atoms with E-state index in [1.807, 2.05) is 0 Å². The molecule has 0 saturated heterocycles. The minimum absolute atomic E-state index is 0.0579. The summed E-state index contributed by atoms with van der Waals surface area (Å²) in [5.74, 6) is -0.595. The first-order chi connectivity index (χ1) is 7.18. The molecule has 1 aliphatic carbocycles. The smallest absolute Gasteiger partial charge is 0.353 e. The third kappa shape index (κ3) is 2.47. The average Bonchev–Trinajstić information content (AvgIpc) is 2.48. The molecule has 0 radical (unpaired) electrons. The molecule has 1 atom stereocenters. The van der Waals surface area contributed by atoms with E-state index < -0.39 is 12.3 Å². The first-order valence-corrected chi connectivity index (χ1v) is 5.85. The van der Waals surface area contributed by atoms with E-state index in [-0.39, 0.29) is 16.2 Å². The number of cyclic esters (lactones) is 1. The van der Waals surface area contributed by atoms with E-state index in [0.717, 1.165) is 25.7 Å². The minimum atomic E-state index is -0.783. The summed E-state index contributed by atoms with van der Waals surface area (Å²) in [7, 11) is 0. The Balaban J connectivity index is 1.93. The fourth-order valence-electron chi connectivity index (χ4n) is 1.87. The summed E-state index contributed by atoms with van der Waals surface area (Å²) < 4.78 is 10.5. The molecule has 0 aromatic carbocycles. The molecule has 3 nitrogen and oxygen atoms in total. The molecule has 84 valence electrons. The summed E-state index contributed by atoms with van der Waals surface area (Å²) in [6, 6.07) is 0. The van der Waals surface area contributed by atoms with Crippen molar-refractivity contribution in [3.8, 4) is 0 Å². The summed E-state index contributed by atoms with van der Waals surface area (Å²) in [5, 5.41) is 0.115. The Morgan fingerprint density at radius 3 is 2.40 bits per heavy atom. The molecule has 15 heavy (non-hydrogen) atoms. The van der Waals surface area contributed by atoms with Gasteiger partial charge in [0.2, 0.25) is 6.29 Å². The lowest BCUT2D eigenvalue weighted by Gasteiger charge is -2.24. The SMILES string of the molecule is O=C1OC(OC2CCCCC2)C(Cl)=C1Cl. The van der Waals surface area contributed by atoms with Crippen LogP contribution in [0.2, 0.25) is 0 Å². The van der Waals surface area contributed by atoms with Crippen LogP contribution in [0.5, 0.6) is 0 Å². The van der Waals surface area contributed by atoms with E-state index in [4.69, 9.17) is 32.7 Å². The number of esters is 1. The number of hydrogen-bond donors (Lipinski definition) is 0. The molecule has 1 unspecified atom stereocenters. The number of carbonyl (C=O) groups excluding carboxylic acids is 1. The molecule has 0 spiro atoms. The van der Waals surface area contributed by atoms with Crippen LogP contribution in [-0.2, 0) is 14.3 Å². The molecule has 2 aliphatic rings.